The van der Waals surface area contributed by atoms with Crippen molar-refractivity contribution in [2.45, 2.75) is 38.3 Å². The standard InChI is InChI=1S/C17H25NO4/c1-17(2)10-12(19)9-13(18(17)3)11-7-14(20-4)16(22-6)15(8-11)21-5/h7-8,13H,9-10H2,1-6H3/p+1/t13-/m0/s1. The first-order chi connectivity index (χ1) is 10.3. The van der Waals surface area contributed by atoms with Crippen molar-refractivity contribution in [2.75, 3.05) is 28.4 Å². The van der Waals surface area contributed by atoms with Crippen LogP contribution >= 0.6 is 0 Å². The summed E-state index contributed by atoms with van der Waals surface area (Å²) >= 11 is 0. The number of methoxy groups -OCH3 is 3. The van der Waals surface area contributed by atoms with Crippen LogP contribution in [0.4, 0.5) is 0 Å². The topological polar surface area (TPSA) is 49.2 Å². The first kappa shape index (κ1) is 16.6. The van der Waals surface area contributed by atoms with E-state index in [1.54, 1.807) is 21.3 Å². The van der Waals surface area contributed by atoms with Crippen molar-refractivity contribution in [2.24, 2.45) is 0 Å². The fourth-order valence-corrected chi connectivity index (χ4v) is 3.23. The largest absolute Gasteiger partial charge is 0.493 e. The molecule has 2 rings (SSSR count). The van der Waals surface area contributed by atoms with E-state index >= 15 is 0 Å². The molecular formula is C17H26NO4+. The molecule has 1 heterocycles. The average Bonchev–Trinajstić information content (AvgIpc) is 2.48. The number of hydrogen-bond acceptors (Lipinski definition) is 4. The third-order valence-corrected chi connectivity index (χ3v) is 4.75. The lowest BCUT2D eigenvalue weighted by Gasteiger charge is -2.41. The maximum Gasteiger partial charge on any atom is 0.203 e. The van der Waals surface area contributed by atoms with E-state index < -0.39 is 0 Å². The minimum atomic E-state index is -0.0829. The number of benzene rings is 1. The van der Waals surface area contributed by atoms with Crippen molar-refractivity contribution in [1.29, 1.82) is 0 Å². The van der Waals surface area contributed by atoms with Gasteiger partial charge in [0.15, 0.2) is 11.5 Å². The summed E-state index contributed by atoms with van der Waals surface area (Å²) in [5, 5.41) is 0. The van der Waals surface area contributed by atoms with Crippen LogP contribution in [0.2, 0.25) is 0 Å². The molecule has 1 N–H and O–H groups in total. The van der Waals surface area contributed by atoms with Gasteiger partial charge in [-0.05, 0) is 26.0 Å². The number of carbonyl (C=O) groups is 1. The van der Waals surface area contributed by atoms with Crippen LogP contribution in [-0.4, -0.2) is 39.7 Å². The van der Waals surface area contributed by atoms with E-state index in [1.165, 1.54) is 4.90 Å². The lowest BCUT2D eigenvalue weighted by atomic mass is 9.83. The fourth-order valence-electron chi connectivity index (χ4n) is 3.23. The van der Waals surface area contributed by atoms with E-state index in [2.05, 4.69) is 20.9 Å². The number of piperidine rings is 1. The zero-order valence-electron chi connectivity index (χ0n) is 14.3. The fraction of sp³-hybridized carbons (Fsp3) is 0.588. The van der Waals surface area contributed by atoms with Crippen LogP contribution in [0.3, 0.4) is 0 Å². The van der Waals surface area contributed by atoms with Gasteiger partial charge in [-0.25, -0.2) is 0 Å². The predicted octanol–water partition coefficient (Wildman–Crippen LogP) is 1.41. The van der Waals surface area contributed by atoms with E-state index in [0.29, 0.717) is 35.9 Å². The van der Waals surface area contributed by atoms with Gasteiger partial charge >= 0.3 is 0 Å². The van der Waals surface area contributed by atoms with E-state index in [9.17, 15) is 4.79 Å². The second kappa shape index (κ2) is 6.16. The Morgan fingerprint density at radius 1 is 1.09 bits per heavy atom. The summed E-state index contributed by atoms with van der Waals surface area (Å²) in [5.41, 5.74) is 0.952. The number of rotatable bonds is 4. The van der Waals surface area contributed by atoms with Gasteiger partial charge in [0.1, 0.15) is 11.8 Å². The predicted molar refractivity (Wildman–Crippen MR) is 84.0 cm³/mol. The number of quaternary nitrogens is 1. The Kier molecular flexibility index (Phi) is 4.66. The molecular weight excluding hydrogens is 282 g/mol. The molecule has 5 nitrogen and oxygen atoms in total. The summed E-state index contributed by atoms with van der Waals surface area (Å²) in [5.74, 6) is 2.13. The molecule has 1 aliphatic rings. The highest BCUT2D eigenvalue weighted by atomic mass is 16.5. The highest BCUT2D eigenvalue weighted by Crippen LogP contribution is 2.40. The molecule has 0 amide bonds. The molecule has 5 heteroatoms. The molecule has 122 valence electrons. The lowest BCUT2D eigenvalue weighted by molar-refractivity contribution is -0.962. The quantitative estimate of drug-likeness (QED) is 0.914. The van der Waals surface area contributed by atoms with Gasteiger partial charge < -0.3 is 19.1 Å². The van der Waals surface area contributed by atoms with Gasteiger partial charge in [-0.15, -0.1) is 0 Å². The summed E-state index contributed by atoms with van der Waals surface area (Å²) in [6, 6.07) is 3.99. The Balaban J connectivity index is 2.49. The van der Waals surface area contributed by atoms with E-state index in [0.717, 1.165) is 5.56 Å². The van der Waals surface area contributed by atoms with Gasteiger partial charge in [-0.2, -0.15) is 0 Å². The molecule has 1 aromatic carbocycles. The van der Waals surface area contributed by atoms with E-state index in [-0.39, 0.29) is 11.6 Å². The van der Waals surface area contributed by atoms with Crippen LogP contribution in [0.25, 0.3) is 0 Å². The zero-order valence-corrected chi connectivity index (χ0v) is 14.3. The molecule has 1 fully saturated rings. The molecule has 0 aromatic heterocycles. The third-order valence-electron chi connectivity index (χ3n) is 4.75. The number of ketones is 1. The van der Waals surface area contributed by atoms with E-state index in [1.807, 2.05) is 12.1 Å². The van der Waals surface area contributed by atoms with Crippen LogP contribution in [-0.2, 0) is 4.79 Å². The average molecular weight is 308 g/mol. The van der Waals surface area contributed by atoms with Gasteiger partial charge in [-0.1, -0.05) is 0 Å². The number of Topliss-reactive ketones (excluding diaryl/α,β-unsaturated/α-hetero) is 1. The normalized spacial score (nSPS) is 24.0. The Labute approximate surface area is 132 Å². The van der Waals surface area contributed by atoms with Crippen molar-refractivity contribution in [1.82, 2.24) is 0 Å². The lowest BCUT2D eigenvalue weighted by Crippen LogP contribution is -3.18. The molecule has 0 saturated carbocycles. The van der Waals surface area contributed by atoms with Crippen molar-refractivity contribution in [3.63, 3.8) is 0 Å². The number of carbonyl (C=O) groups excluding carboxylic acids is 1. The molecule has 1 saturated heterocycles. The Morgan fingerprint density at radius 2 is 1.64 bits per heavy atom. The minimum Gasteiger partial charge on any atom is -0.493 e. The van der Waals surface area contributed by atoms with Crippen LogP contribution in [0.15, 0.2) is 12.1 Å². The SMILES string of the molecule is COc1cc([C@@H]2CC(=O)CC(C)(C)[NH+]2C)cc(OC)c1OC. The Hall–Kier alpha value is -1.75. The summed E-state index contributed by atoms with van der Waals surface area (Å²) in [7, 11) is 6.94. The number of ether oxygens (including phenoxy) is 3. The first-order valence-electron chi connectivity index (χ1n) is 7.49. The summed E-state index contributed by atoms with van der Waals surface area (Å²) in [6.45, 7) is 4.26. The van der Waals surface area contributed by atoms with Crippen LogP contribution in [0, 0.1) is 0 Å². The Morgan fingerprint density at radius 3 is 2.09 bits per heavy atom. The molecule has 2 atom stereocenters. The van der Waals surface area contributed by atoms with E-state index in [4.69, 9.17) is 14.2 Å². The van der Waals surface area contributed by atoms with Crippen LogP contribution in [0.1, 0.15) is 38.3 Å². The summed E-state index contributed by atoms with van der Waals surface area (Å²) in [4.78, 5) is 13.5. The van der Waals surface area contributed by atoms with Gasteiger partial charge in [-0.3, -0.25) is 4.79 Å². The minimum absolute atomic E-state index is 0.0829. The number of likely N-dealkylation sites (tertiary alicyclic amines) is 1. The van der Waals surface area contributed by atoms with Gasteiger partial charge in [0.25, 0.3) is 0 Å². The van der Waals surface area contributed by atoms with Crippen molar-refractivity contribution < 1.29 is 23.9 Å². The molecule has 0 spiro atoms. The number of nitrogens with one attached hydrogen (secondary N) is 1. The maximum absolute atomic E-state index is 12.1. The molecule has 22 heavy (non-hydrogen) atoms. The summed E-state index contributed by atoms with van der Waals surface area (Å²) in [6.07, 6.45) is 1.15. The van der Waals surface area contributed by atoms with Gasteiger partial charge in [0.05, 0.1) is 46.8 Å². The molecule has 0 aliphatic carbocycles. The highest BCUT2D eigenvalue weighted by Gasteiger charge is 2.42. The van der Waals surface area contributed by atoms with Crippen molar-refractivity contribution in [3.8, 4) is 17.2 Å². The van der Waals surface area contributed by atoms with Crippen LogP contribution < -0.4 is 19.1 Å². The molecule has 0 bridgehead atoms. The Bertz CT molecular complexity index is 543. The highest BCUT2D eigenvalue weighted by molar-refractivity contribution is 5.80. The van der Waals surface area contributed by atoms with Crippen LogP contribution in [0.5, 0.6) is 17.2 Å². The molecule has 1 aromatic rings. The first-order valence-corrected chi connectivity index (χ1v) is 7.49. The second-order valence-corrected chi connectivity index (χ2v) is 6.50. The molecule has 1 unspecified atom stereocenters. The van der Waals surface area contributed by atoms with Crippen molar-refractivity contribution >= 4 is 5.78 Å². The molecule has 1 aliphatic heterocycles. The van der Waals surface area contributed by atoms with Gasteiger partial charge in [0.2, 0.25) is 5.75 Å². The summed E-state index contributed by atoms with van der Waals surface area (Å²) < 4.78 is 16.2. The second-order valence-electron chi connectivity index (χ2n) is 6.50. The molecule has 0 radical (unpaired) electrons. The van der Waals surface area contributed by atoms with Crippen molar-refractivity contribution in [3.05, 3.63) is 17.7 Å². The monoisotopic (exact) mass is 308 g/mol. The third kappa shape index (κ3) is 2.90. The smallest absolute Gasteiger partial charge is 0.203 e. The number of hydrogen-bond donors (Lipinski definition) is 1. The zero-order chi connectivity index (χ0) is 16.5. The van der Waals surface area contributed by atoms with Gasteiger partial charge in [0, 0.05) is 5.56 Å². The maximum atomic E-state index is 12.1.